The normalized spacial score (nSPS) is 16.5. The van der Waals surface area contributed by atoms with E-state index in [1.807, 2.05) is 11.8 Å². The van der Waals surface area contributed by atoms with Gasteiger partial charge in [-0.15, -0.1) is 11.8 Å². The van der Waals surface area contributed by atoms with E-state index in [-0.39, 0.29) is 0 Å². The number of H-pyrrole nitrogens is 1. The van der Waals surface area contributed by atoms with Crippen molar-refractivity contribution in [3.05, 3.63) is 17.7 Å². The summed E-state index contributed by atoms with van der Waals surface area (Å²) in [5.41, 5.74) is 2.56. The number of hydrogen-bond donors (Lipinski definition) is 1. The fourth-order valence-corrected chi connectivity index (χ4v) is 1.85. The maximum atomic E-state index is 4.12. The van der Waals surface area contributed by atoms with Crippen LogP contribution in [0.25, 0.3) is 0 Å². The third kappa shape index (κ3) is 0.478. The Morgan fingerprint density at radius 2 is 2.62 bits per heavy atom. The molecule has 3 heteroatoms. The van der Waals surface area contributed by atoms with Gasteiger partial charge in [0.15, 0.2) is 0 Å². The molecule has 0 spiro atoms. The third-order valence-corrected chi connectivity index (χ3v) is 2.26. The molecule has 0 aliphatic carbocycles. The van der Waals surface area contributed by atoms with Gasteiger partial charge in [-0.25, -0.2) is 4.98 Å². The van der Waals surface area contributed by atoms with E-state index in [2.05, 4.69) is 9.97 Å². The van der Waals surface area contributed by atoms with Gasteiger partial charge in [-0.2, -0.15) is 0 Å². The van der Waals surface area contributed by atoms with Gasteiger partial charge in [-0.1, -0.05) is 0 Å². The molecule has 8 heavy (non-hydrogen) atoms. The molecule has 1 N–H and O–H groups in total. The number of rotatable bonds is 0. The lowest BCUT2D eigenvalue weighted by Crippen LogP contribution is -1.74. The Kier molecular flexibility index (Phi) is 0.842. The summed E-state index contributed by atoms with van der Waals surface area (Å²) in [5, 5.41) is 0. The van der Waals surface area contributed by atoms with Crippen LogP contribution in [-0.4, -0.2) is 9.97 Å². The highest BCUT2D eigenvalue weighted by Gasteiger charge is 2.11. The molecule has 0 atom stereocenters. The maximum absolute atomic E-state index is 4.12. The fraction of sp³-hybridized carbons (Fsp3) is 0.400. The third-order valence-electron chi connectivity index (χ3n) is 1.29. The van der Waals surface area contributed by atoms with Crippen molar-refractivity contribution >= 4 is 11.8 Å². The molecule has 0 saturated carbocycles. The minimum absolute atomic E-state index is 1.10. The van der Waals surface area contributed by atoms with E-state index in [1.54, 1.807) is 6.33 Å². The van der Waals surface area contributed by atoms with Crippen molar-refractivity contribution in [1.82, 2.24) is 9.97 Å². The van der Waals surface area contributed by atoms with Gasteiger partial charge in [0.1, 0.15) is 0 Å². The maximum Gasteiger partial charge on any atom is 0.0925 e. The first-order valence-electron chi connectivity index (χ1n) is 2.55. The van der Waals surface area contributed by atoms with Crippen LogP contribution in [0.15, 0.2) is 6.33 Å². The van der Waals surface area contributed by atoms with E-state index in [0.717, 1.165) is 11.5 Å². The van der Waals surface area contributed by atoms with E-state index in [9.17, 15) is 0 Å². The van der Waals surface area contributed by atoms with Crippen LogP contribution in [0.3, 0.4) is 0 Å². The largest absolute Gasteiger partial charge is 0.348 e. The second-order valence-corrected chi connectivity index (χ2v) is 2.81. The van der Waals surface area contributed by atoms with Gasteiger partial charge in [0.2, 0.25) is 0 Å². The molecule has 0 radical (unpaired) electrons. The van der Waals surface area contributed by atoms with Gasteiger partial charge in [-0.3, -0.25) is 0 Å². The topological polar surface area (TPSA) is 28.7 Å². The summed E-state index contributed by atoms with van der Waals surface area (Å²) in [5.74, 6) is 2.22. The van der Waals surface area contributed by atoms with Gasteiger partial charge in [-0.05, 0) is 0 Å². The molecule has 0 bridgehead atoms. The lowest BCUT2D eigenvalue weighted by Gasteiger charge is -1.78. The number of nitrogens with zero attached hydrogens (tertiary/aromatic N) is 1. The minimum atomic E-state index is 1.10. The number of nitrogens with one attached hydrogen (secondary N) is 1. The average molecular weight is 126 g/mol. The highest BCUT2D eigenvalue weighted by molar-refractivity contribution is 7.98. The van der Waals surface area contributed by atoms with Crippen molar-refractivity contribution in [1.29, 1.82) is 0 Å². The number of thioether (sulfide) groups is 1. The van der Waals surface area contributed by atoms with Crippen LogP contribution in [0.4, 0.5) is 0 Å². The molecule has 1 aliphatic heterocycles. The predicted molar refractivity (Wildman–Crippen MR) is 33.6 cm³/mol. The van der Waals surface area contributed by atoms with Crippen molar-refractivity contribution in [2.45, 2.75) is 11.5 Å². The highest BCUT2D eigenvalue weighted by atomic mass is 32.2. The quantitative estimate of drug-likeness (QED) is 0.565. The lowest BCUT2D eigenvalue weighted by atomic mass is 10.4. The average Bonchev–Trinajstić information content (AvgIpc) is 2.15. The molecule has 1 aromatic rings. The summed E-state index contributed by atoms with van der Waals surface area (Å²) in [6.45, 7) is 0. The van der Waals surface area contributed by atoms with E-state index in [1.165, 1.54) is 11.4 Å². The Labute approximate surface area is 51.7 Å². The molecular formula is C5H6N2S. The van der Waals surface area contributed by atoms with Crippen LogP contribution < -0.4 is 0 Å². The van der Waals surface area contributed by atoms with Crippen LogP contribution >= 0.6 is 11.8 Å². The summed E-state index contributed by atoms with van der Waals surface area (Å²) < 4.78 is 0. The first kappa shape index (κ1) is 4.44. The second kappa shape index (κ2) is 1.52. The van der Waals surface area contributed by atoms with Crippen LogP contribution in [0.1, 0.15) is 11.4 Å². The van der Waals surface area contributed by atoms with E-state index in [4.69, 9.17) is 0 Å². The van der Waals surface area contributed by atoms with Gasteiger partial charge in [0.25, 0.3) is 0 Å². The Bertz CT molecular complexity index is 176. The van der Waals surface area contributed by atoms with Crippen molar-refractivity contribution in [3.63, 3.8) is 0 Å². The Balaban J connectivity index is 2.54. The summed E-state index contributed by atoms with van der Waals surface area (Å²) in [7, 11) is 0. The fourth-order valence-electron chi connectivity index (χ4n) is 0.848. The number of aromatic nitrogens is 2. The van der Waals surface area contributed by atoms with E-state index < -0.39 is 0 Å². The number of imidazole rings is 1. The van der Waals surface area contributed by atoms with Crippen molar-refractivity contribution in [2.75, 3.05) is 0 Å². The van der Waals surface area contributed by atoms with Gasteiger partial charge < -0.3 is 4.98 Å². The van der Waals surface area contributed by atoms with E-state index in [0.29, 0.717) is 0 Å². The first-order valence-corrected chi connectivity index (χ1v) is 3.71. The monoisotopic (exact) mass is 126 g/mol. The summed E-state index contributed by atoms with van der Waals surface area (Å²) >= 11 is 1.92. The molecular weight excluding hydrogens is 120 g/mol. The van der Waals surface area contributed by atoms with Crippen LogP contribution in [-0.2, 0) is 11.5 Å². The molecule has 0 aromatic carbocycles. The number of fused-ring (bicyclic) bond motifs is 1. The molecule has 0 amide bonds. The molecule has 2 rings (SSSR count). The zero-order valence-corrected chi connectivity index (χ0v) is 5.16. The zero-order chi connectivity index (χ0) is 5.40. The van der Waals surface area contributed by atoms with Crippen LogP contribution in [0.2, 0.25) is 0 Å². The van der Waals surface area contributed by atoms with Crippen molar-refractivity contribution in [2.24, 2.45) is 0 Å². The van der Waals surface area contributed by atoms with Gasteiger partial charge >= 0.3 is 0 Å². The minimum Gasteiger partial charge on any atom is -0.348 e. The Morgan fingerprint density at radius 3 is 3.50 bits per heavy atom. The molecule has 0 saturated heterocycles. The number of hydrogen-bond acceptors (Lipinski definition) is 2. The SMILES string of the molecule is c1nc2c([nH]1)CSC2. The molecule has 2 nitrogen and oxygen atoms in total. The molecule has 1 aromatic heterocycles. The van der Waals surface area contributed by atoms with Gasteiger partial charge in [0.05, 0.1) is 12.0 Å². The summed E-state index contributed by atoms with van der Waals surface area (Å²) in [4.78, 5) is 7.21. The van der Waals surface area contributed by atoms with E-state index >= 15 is 0 Å². The standard InChI is InChI=1S/C5H6N2S/c1-4-5(2-8-1)7-3-6-4/h3H,1-2H2,(H,6,7). The first-order chi connectivity index (χ1) is 3.97. The molecule has 1 aliphatic rings. The summed E-state index contributed by atoms with van der Waals surface area (Å²) in [6.07, 6.45) is 1.77. The van der Waals surface area contributed by atoms with Crippen molar-refractivity contribution < 1.29 is 0 Å². The number of aromatic amines is 1. The highest BCUT2D eigenvalue weighted by Crippen LogP contribution is 2.25. The molecule has 42 valence electrons. The zero-order valence-electron chi connectivity index (χ0n) is 4.35. The Morgan fingerprint density at radius 1 is 1.62 bits per heavy atom. The van der Waals surface area contributed by atoms with Crippen LogP contribution in [0, 0.1) is 0 Å². The molecule has 0 unspecified atom stereocenters. The van der Waals surface area contributed by atoms with Crippen molar-refractivity contribution in [3.8, 4) is 0 Å². The Hall–Kier alpha value is -0.440. The summed E-state index contributed by atoms with van der Waals surface area (Å²) in [6, 6.07) is 0. The second-order valence-electron chi connectivity index (χ2n) is 1.82. The van der Waals surface area contributed by atoms with Crippen LogP contribution in [0.5, 0.6) is 0 Å². The smallest absolute Gasteiger partial charge is 0.0925 e. The van der Waals surface area contributed by atoms with Gasteiger partial charge in [0, 0.05) is 17.2 Å². The lowest BCUT2D eigenvalue weighted by molar-refractivity contribution is 1.22. The molecule has 0 fully saturated rings. The predicted octanol–water partition coefficient (Wildman–Crippen LogP) is 1.16. The molecule has 2 heterocycles.